The summed E-state index contributed by atoms with van der Waals surface area (Å²) in [6.45, 7) is 0.519. The number of hydrogen-bond donors (Lipinski definition) is 1. The SMILES string of the molecule is N#Cc1cccc(-c2ccc(-n3c(=N)n(Cc4ccccc4Cl)c4ccccc43)cc2)c1. The molecule has 1 heterocycles. The number of hydrogen-bond acceptors (Lipinski definition) is 2. The molecule has 5 heteroatoms. The molecule has 1 aromatic heterocycles. The number of nitriles is 1. The topological polar surface area (TPSA) is 57.5 Å². The first-order valence-electron chi connectivity index (χ1n) is 10.2. The Morgan fingerprint density at radius 2 is 1.50 bits per heavy atom. The van der Waals surface area contributed by atoms with Crippen molar-refractivity contribution in [2.24, 2.45) is 0 Å². The Hall–Kier alpha value is -4.07. The highest BCUT2D eigenvalue weighted by atomic mass is 35.5. The van der Waals surface area contributed by atoms with Gasteiger partial charge in [-0.2, -0.15) is 5.26 Å². The summed E-state index contributed by atoms with van der Waals surface area (Å²) in [4.78, 5) is 0. The normalized spacial score (nSPS) is 10.9. The molecule has 154 valence electrons. The molecular weight excluding hydrogens is 416 g/mol. The molecule has 0 atom stereocenters. The summed E-state index contributed by atoms with van der Waals surface area (Å²) in [5, 5.41) is 18.8. The van der Waals surface area contributed by atoms with Crippen LogP contribution in [0, 0.1) is 16.7 Å². The monoisotopic (exact) mass is 434 g/mol. The number of fused-ring (bicyclic) bond motifs is 1. The fourth-order valence-electron chi connectivity index (χ4n) is 4.02. The maximum absolute atomic E-state index is 9.17. The highest BCUT2D eigenvalue weighted by molar-refractivity contribution is 6.31. The lowest BCUT2D eigenvalue weighted by atomic mass is 10.0. The highest BCUT2D eigenvalue weighted by Crippen LogP contribution is 2.24. The van der Waals surface area contributed by atoms with Gasteiger partial charge in [0.2, 0.25) is 5.62 Å². The summed E-state index contributed by atoms with van der Waals surface area (Å²) in [5.74, 6) is 0. The smallest absolute Gasteiger partial charge is 0.208 e. The van der Waals surface area contributed by atoms with Crippen molar-refractivity contribution in [2.45, 2.75) is 6.54 Å². The van der Waals surface area contributed by atoms with Gasteiger partial charge < -0.3 is 4.57 Å². The minimum absolute atomic E-state index is 0.380. The third-order valence-electron chi connectivity index (χ3n) is 5.62. The molecule has 0 saturated heterocycles. The zero-order valence-electron chi connectivity index (χ0n) is 17.2. The first-order chi connectivity index (χ1) is 15.7. The van der Waals surface area contributed by atoms with Gasteiger partial charge >= 0.3 is 0 Å². The lowest BCUT2D eigenvalue weighted by Crippen LogP contribution is -2.24. The van der Waals surface area contributed by atoms with Crippen molar-refractivity contribution in [1.82, 2.24) is 9.13 Å². The van der Waals surface area contributed by atoms with E-state index >= 15 is 0 Å². The number of nitrogens with zero attached hydrogens (tertiary/aromatic N) is 3. The van der Waals surface area contributed by atoms with E-state index in [2.05, 4.69) is 6.07 Å². The van der Waals surface area contributed by atoms with E-state index in [0.717, 1.165) is 33.4 Å². The molecule has 4 nitrogen and oxygen atoms in total. The first kappa shape index (κ1) is 19.9. The Kier molecular flexibility index (Phi) is 5.10. The molecule has 0 spiro atoms. The van der Waals surface area contributed by atoms with Crippen molar-refractivity contribution < 1.29 is 0 Å². The third-order valence-corrected chi connectivity index (χ3v) is 5.99. The number of aromatic nitrogens is 2. The van der Waals surface area contributed by atoms with E-state index < -0.39 is 0 Å². The maximum atomic E-state index is 9.17. The van der Waals surface area contributed by atoms with Crippen molar-refractivity contribution in [3.63, 3.8) is 0 Å². The summed E-state index contributed by atoms with van der Waals surface area (Å²) in [7, 11) is 0. The summed E-state index contributed by atoms with van der Waals surface area (Å²) in [6, 6.07) is 33.6. The molecule has 0 aliphatic rings. The van der Waals surface area contributed by atoms with Gasteiger partial charge in [-0.1, -0.05) is 66.2 Å². The van der Waals surface area contributed by atoms with Crippen molar-refractivity contribution in [2.75, 3.05) is 0 Å². The van der Waals surface area contributed by atoms with Crippen LogP contribution < -0.4 is 5.62 Å². The Balaban J connectivity index is 1.60. The van der Waals surface area contributed by atoms with Crippen molar-refractivity contribution in [1.29, 1.82) is 10.7 Å². The van der Waals surface area contributed by atoms with E-state index in [1.165, 1.54) is 0 Å². The quantitative estimate of drug-likeness (QED) is 0.362. The summed E-state index contributed by atoms with van der Waals surface area (Å²) >= 11 is 6.40. The predicted molar refractivity (Wildman–Crippen MR) is 128 cm³/mol. The number of halogens is 1. The molecule has 4 aromatic carbocycles. The Morgan fingerprint density at radius 3 is 2.25 bits per heavy atom. The molecular formula is C27H19ClN4. The number of rotatable bonds is 4. The van der Waals surface area contributed by atoms with Crippen LogP contribution in [0.2, 0.25) is 5.02 Å². The lowest BCUT2D eigenvalue weighted by Gasteiger charge is -2.08. The average Bonchev–Trinajstić information content (AvgIpc) is 3.12. The molecule has 1 N–H and O–H groups in total. The number of nitrogens with one attached hydrogen (secondary N) is 1. The van der Waals surface area contributed by atoms with Gasteiger partial charge in [-0.15, -0.1) is 0 Å². The second-order valence-corrected chi connectivity index (χ2v) is 7.97. The van der Waals surface area contributed by atoms with Crippen molar-refractivity contribution in [3.8, 4) is 22.9 Å². The second kappa shape index (κ2) is 8.22. The second-order valence-electron chi connectivity index (χ2n) is 7.56. The van der Waals surface area contributed by atoms with Crippen LogP contribution in [0.4, 0.5) is 0 Å². The van der Waals surface area contributed by atoms with Crippen LogP contribution >= 0.6 is 11.6 Å². The molecule has 0 amide bonds. The van der Waals surface area contributed by atoms with Gasteiger partial charge in [0.25, 0.3) is 0 Å². The first-order valence-corrected chi connectivity index (χ1v) is 10.6. The lowest BCUT2D eigenvalue weighted by molar-refractivity contribution is 0.724. The van der Waals surface area contributed by atoms with Crippen molar-refractivity contribution >= 4 is 22.6 Å². The molecule has 32 heavy (non-hydrogen) atoms. The van der Waals surface area contributed by atoms with Crippen LogP contribution in [-0.4, -0.2) is 9.13 Å². The van der Waals surface area contributed by atoms with Gasteiger partial charge in [0, 0.05) is 10.7 Å². The van der Waals surface area contributed by atoms with E-state index in [1.807, 2.05) is 100 Å². The predicted octanol–water partition coefficient (Wildman–Crippen LogP) is 6.15. The number of benzene rings is 4. The fourth-order valence-corrected chi connectivity index (χ4v) is 4.22. The summed E-state index contributed by atoms with van der Waals surface area (Å²) in [5.41, 5.74) is 6.85. The van der Waals surface area contributed by atoms with E-state index in [4.69, 9.17) is 17.0 Å². The molecule has 0 radical (unpaired) electrons. The Morgan fingerprint density at radius 1 is 0.781 bits per heavy atom. The maximum Gasteiger partial charge on any atom is 0.208 e. The van der Waals surface area contributed by atoms with Gasteiger partial charge in [-0.05, 0) is 59.2 Å². The number of imidazole rings is 1. The summed E-state index contributed by atoms with van der Waals surface area (Å²) in [6.07, 6.45) is 0. The van der Waals surface area contributed by atoms with E-state index in [1.54, 1.807) is 6.07 Å². The minimum Gasteiger partial charge on any atom is -0.306 e. The molecule has 0 aliphatic carbocycles. The largest absolute Gasteiger partial charge is 0.306 e. The Bertz CT molecular complexity index is 1540. The minimum atomic E-state index is 0.380. The molecule has 0 unspecified atom stereocenters. The molecule has 5 aromatic rings. The molecule has 0 aliphatic heterocycles. The molecule has 0 saturated carbocycles. The van der Waals surface area contributed by atoms with Crippen molar-refractivity contribution in [3.05, 3.63) is 119 Å². The van der Waals surface area contributed by atoms with E-state index in [9.17, 15) is 5.26 Å². The zero-order valence-corrected chi connectivity index (χ0v) is 17.9. The zero-order chi connectivity index (χ0) is 22.1. The standard InChI is InChI=1S/C27H19ClN4/c28-24-9-2-1-7-22(24)18-31-25-10-3-4-11-26(25)32(27(31)30)23-14-12-20(13-15-23)21-8-5-6-19(16-21)17-29/h1-16,30H,18H2. The molecule has 5 rings (SSSR count). The van der Waals surface area contributed by atoms with Crippen LogP contribution in [-0.2, 0) is 6.54 Å². The van der Waals surface area contributed by atoms with Crippen LogP contribution in [0.15, 0.2) is 97.1 Å². The Labute approximate surface area is 190 Å². The fraction of sp³-hybridized carbons (Fsp3) is 0.0370. The van der Waals surface area contributed by atoms with E-state index in [-0.39, 0.29) is 0 Å². The third kappa shape index (κ3) is 3.49. The van der Waals surface area contributed by atoms with Crippen LogP contribution in [0.1, 0.15) is 11.1 Å². The van der Waals surface area contributed by atoms with Gasteiger partial charge in [-0.25, -0.2) is 0 Å². The van der Waals surface area contributed by atoms with Gasteiger partial charge in [0.05, 0.1) is 29.2 Å². The highest BCUT2D eigenvalue weighted by Gasteiger charge is 2.13. The summed E-state index contributed by atoms with van der Waals surface area (Å²) < 4.78 is 3.92. The van der Waals surface area contributed by atoms with E-state index in [0.29, 0.717) is 22.7 Å². The van der Waals surface area contributed by atoms with Crippen LogP contribution in [0.3, 0.4) is 0 Å². The van der Waals surface area contributed by atoms with Crippen LogP contribution in [0.25, 0.3) is 27.8 Å². The van der Waals surface area contributed by atoms with Gasteiger partial charge in [-0.3, -0.25) is 9.98 Å². The molecule has 0 bridgehead atoms. The molecule has 0 fully saturated rings. The van der Waals surface area contributed by atoms with Gasteiger partial charge in [0.1, 0.15) is 0 Å². The van der Waals surface area contributed by atoms with Gasteiger partial charge in [0.15, 0.2) is 0 Å². The average molecular weight is 435 g/mol. The van der Waals surface area contributed by atoms with Crippen LogP contribution in [0.5, 0.6) is 0 Å². The number of para-hydroxylation sites is 2.